The minimum atomic E-state index is 0.904. The van der Waals surface area contributed by atoms with E-state index in [1.54, 1.807) is 0 Å². The number of ether oxygens (including phenoxy) is 1. The lowest BCUT2D eigenvalue weighted by atomic mass is 9.91. The van der Waals surface area contributed by atoms with Gasteiger partial charge in [-0.15, -0.1) is 0 Å². The zero-order valence-corrected chi connectivity index (χ0v) is 15.5. The molecule has 3 heterocycles. The molecule has 0 aliphatic carbocycles. The van der Waals surface area contributed by atoms with Gasteiger partial charge in [0.1, 0.15) is 29.7 Å². The van der Waals surface area contributed by atoms with Gasteiger partial charge in [0.2, 0.25) is 5.69 Å². The first kappa shape index (κ1) is 14.8. The number of fused-ring (bicyclic) bond motifs is 5. The standard InChI is InChI=1S/C24H18NO2/c1-13-19-16-8-4-5-9-17(16)26-23(19)14(2)24-20(13)22-21-15(11-12-25(22)3)7-6-10-18(21)27-24/h4-12H,1-3H3/q+1. The van der Waals surface area contributed by atoms with E-state index in [9.17, 15) is 0 Å². The molecule has 27 heavy (non-hydrogen) atoms. The molecule has 0 radical (unpaired) electrons. The van der Waals surface area contributed by atoms with Crippen molar-refractivity contribution in [1.29, 1.82) is 0 Å². The Bertz CT molecular complexity index is 1430. The highest BCUT2D eigenvalue weighted by atomic mass is 16.5. The summed E-state index contributed by atoms with van der Waals surface area (Å²) in [6.07, 6.45) is 2.13. The van der Waals surface area contributed by atoms with Crippen molar-refractivity contribution < 1.29 is 13.7 Å². The van der Waals surface area contributed by atoms with Crippen LogP contribution in [0.25, 0.3) is 44.0 Å². The number of aromatic nitrogens is 1. The van der Waals surface area contributed by atoms with Crippen molar-refractivity contribution in [3.05, 3.63) is 65.9 Å². The first-order valence-electron chi connectivity index (χ1n) is 9.19. The zero-order chi connectivity index (χ0) is 18.3. The maximum Gasteiger partial charge on any atom is 0.228 e. The van der Waals surface area contributed by atoms with Crippen LogP contribution in [-0.4, -0.2) is 0 Å². The zero-order valence-electron chi connectivity index (χ0n) is 15.5. The van der Waals surface area contributed by atoms with Crippen molar-refractivity contribution in [2.75, 3.05) is 0 Å². The fraction of sp³-hybridized carbons (Fsp3) is 0.125. The van der Waals surface area contributed by atoms with Crippen LogP contribution in [0.1, 0.15) is 11.1 Å². The lowest BCUT2D eigenvalue weighted by Gasteiger charge is -2.22. The van der Waals surface area contributed by atoms with Crippen molar-refractivity contribution in [1.82, 2.24) is 0 Å². The maximum absolute atomic E-state index is 6.45. The topological polar surface area (TPSA) is 26.2 Å². The fourth-order valence-electron chi connectivity index (χ4n) is 4.56. The lowest BCUT2D eigenvalue weighted by Crippen LogP contribution is -2.31. The van der Waals surface area contributed by atoms with Crippen molar-refractivity contribution in [2.45, 2.75) is 13.8 Å². The number of benzene rings is 3. The summed E-state index contributed by atoms with van der Waals surface area (Å²) in [5.41, 5.74) is 6.46. The van der Waals surface area contributed by atoms with Crippen LogP contribution in [-0.2, 0) is 7.05 Å². The highest BCUT2D eigenvalue weighted by Crippen LogP contribution is 2.51. The van der Waals surface area contributed by atoms with Gasteiger partial charge < -0.3 is 9.15 Å². The Hall–Kier alpha value is -3.33. The van der Waals surface area contributed by atoms with E-state index < -0.39 is 0 Å². The molecule has 3 aromatic carbocycles. The van der Waals surface area contributed by atoms with Gasteiger partial charge in [0.25, 0.3) is 0 Å². The Kier molecular flexibility index (Phi) is 2.68. The van der Waals surface area contributed by atoms with Crippen LogP contribution >= 0.6 is 0 Å². The SMILES string of the molecule is Cc1c2c(c(C)c3c1oc1ccccc13)-c1c3c(cccc3cc[n+]1C)O2. The molecule has 3 heteroatoms. The molecule has 0 unspecified atom stereocenters. The van der Waals surface area contributed by atoms with E-state index in [1.165, 1.54) is 33.0 Å². The molecule has 0 fully saturated rings. The molecule has 1 aliphatic heterocycles. The van der Waals surface area contributed by atoms with Gasteiger partial charge in [0.05, 0.1) is 10.9 Å². The van der Waals surface area contributed by atoms with Gasteiger partial charge in [-0.2, -0.15) is 0 Å². The van der Waals surface area contributed by atoms with Crippen LogP contribution in [0.5, 0.6) is 11.5 Å². The van der Waals surface area contributed by atoms with Gasteiger partial charge in [0.15, 0.2) is 6.20 Å². The Morgan fingerprint density at radius 1 is 0.852 bits per heavy atom. The average Bonchev–Trinajstić information content (AvgIpc) is 3.08. The minimum Gasteiger partial charge on any atom is -0.456 e. The van der Waals surface area contributed by atoms with Gasteiger partial charge in [-0.25, -0.2) is 4.57 Å². The first-order valence-corrected chi connectivity index (χ1v) is 9.19. The predicted octanol–water partition coefficient (Wildman–Crippen LogP) is 5.95. The van der Waals surface area contributed by atoms with Gasteiger partial charge in [-0.3, -0.25) is 0 Å². The van der Waals surface area contributed by atoms with E-state index in [2.05, 4.69) is 55.9 Å². The molecule has 5 aromatic rings. The van der Waals surface area contributed by atoms with Crippen LogP contribution in [0.15, 0.2) is 59.1 Å². The van der Waals surface area contributed by atoms with E-state index >= 15 is 0 Å². The molecular weight excluding hydrogens is 334 g/mol. The highest BCUT2D eigenvalue weighted by molar-refractivity contribution is 6.13. The molecule has 0 N–H and O–H groups in total. The van der Waals surface area contributed by atoms with E-state index in [4.69, 9.17) is 9.15 Å². The van der Waals surface area contributed by atoms with Crippen molar-refractivity contribution in [2.24, 2.45) is 7.05 Å². The summed E-state index contributed by atoms with van der Waals surface area (Å²) in [7, 11) is 2.10. The van der Waals surface area contributed by atoms with Crippen LogP contribution in [0.4, 0.5) is 0 Å². The average molecular weight is 352 g/mol. The molecule has 3 nitrogen and oxygen atoms in total. The number of hydrogen-bond donors (Lipinski definition) is 0. The second-order valence-electron chi connectivity index (χ2n) is 7.35. The van der Waals surface area contributed by atoms with Gasteiger partial charge >= 0.3 is 0 Å². The monoisotopic (exact) mass is 352 g/mol. The van der Waals surface area contributed by atoms with E-state index in [0.717, 1.165) is 33.6 Å². The molecule has 0 bridgehead atoms. The predicted molar refractivity (Wildman–Crippen MR) is 107 cm³/mol. The second kappa shape index (κ2) is 4.89. The number of pyridine rings is 1. The lowest BCUT2D eigenvalue weighted by molar-refractivity contribution is -0.659. The number of nitrogens with zero attached hydrogens (tertiary/aromatic N) is 1. The molecule has 0 saturated carbocycles. The van der Waals surface area contributed by atoms with E-state index in [1.807, 2.05) is 24.3 Å². The molecular formula is C24H18NO2+. The molecule has 6 rings (SSSR count). The number of aryl methyl sites for hydroxylation is 3. The summed E-state index contributed by atoms with van der Waals surface area (Å²) in [5.74, 6) is 1.81. The third-order valence-corrected chi connectivity index (χ3v) is 5.83. The molecule has 130 valence electrons. The quantitative estimate of drug-likeness (QED) is 0.316. The minimum absolute atomic E-state index is 0.904. The largest absolute Gasteiger partial charge is 0.456 e. The van der Waals surface area contributed by atoms with Gasteiger partial charge in [0, 0.05) is 22.4 Å². The Balaban J connectivity index is 1.89. The Morgan fingerprint density at radius 3 is 2.59 bits per heavy atom. The summed E-state index contributed by atoms with van der Waals surface area (Å²) in [6, 6.07) is 16.6. The van der Waals surface area contributed by atoms with Crippen molar-refractivity contribution in [3.63, 3.8) is 0 Å². The molecule has 0 atom stereocenters. The Labute approximate surface area is 156 Å². The van der Waals surface area contributed by atoms with Gasteiger partial charge in [-0.05, 0) is 36.9 Å². The van der Waals surface area contributed by atoms with Crippen LogP contribution < -0.4 is 9.30 Å². The smallest absolute Gasteiger partial charge is 0.228 e. The number of furan rings is 1. The highest BCUT2D eigenvalue weighted by Gasteiger charge is 2.33. The van der Waals surface area contributed by atoms with E-state index in [-0.39, 0.29) is 0 Å². The third kappa shape index (κ3) is 1.74. The Morgan fingerprint density at radius 2 is 1.70 bits per heavy atom. The van der Waals surface area contributed by atoms with E-state index in [0.29, 0.717) is 0 Å². The van der Waals surface area contributed by atoms with Crippen LogP contribution in [0.3, 0.4) is 0 Å². The molecule has 0 spiro atoms. The summed E-state index contributed by atoms with van der Waals surface area (Å²) in [4.78, 5) is 0. The van der Waals surface area contributed by atoms with Crippen LogP contribution in [0, 0.1) is 13.8 Å². The number of para-hydroxylation sites is 1. The first-order chi connectivity index (χ1) is 13.1. The summed E-state index contributed by atoms with van der Waals surface area (Å²) >= 11 is 0. The van der Waals surface area contributed by atoms with Gasteiger partial charge in [-0.1, -0.05) is 30.3 Å². The van der Waals surface area contributed by atoms with Crippen molar-refractivity contribution in [3.8, 4) is 22.8 Å². The third-order valence-electron chi connectivity index (χ3n) is 5.83. The maximum atomic E-state index is 6.45. The van der Waals surface area contributed by atoms with Crippen LogP contribution in [0.2, 0.25) is 0 Å². The number of rotatable bonds is 0. The molecule has 2 aromatic heterocycles. The summed E-state index contributed by atoms with van der Waals surface area (Å²) in [5, 5.41) is 4.71. The summed E-state index contributed by atoms with van der Waals surface area (Å²) < 4.78 is 14.9. The second-order valence-corrected chi connectivity index (χ2v) is 7.35. The number of hydrogen-bond acceptors (Lipinski definition) is 2. The van der Waals surface area contributed by atoms with Crippen molar-refractivity contribution >= 4 is 32.7 Å². The molecule has 0 saturated heterocycles. The summed E-state index contributed by atoms with van der Waals surface area (Å²) in [6.45, 7) is 4.27. The molecule has 1 aliphatic rings. The normalized spacial score (nSPS) is 12.6. The molecule has 0 amide bonds. The fourth-order valence-corrected chi connectivity index (χ4v) is 4.56.